The Morgan fingerprint density at radius 2 is 1.88 bits per heavy atom. The first-order valence-electron chi connectivity index (χ1n) is 5.67. The van der Waals surface area contributed by atoms with Crippen LogP contribution in [0.5, 0.6) is 0 Å². The summed E-state index contributed by atoms with van der Waals surface area (Å²) in [5.74, 6) is -0.430. The molecule has 1 fully saturated rings. The number of nitrogens with zero attached hydrogens (tertiary/aromatic N) is 1. The van der Waals surface area contributed by atoms with Crippen molar-refractivity contribution in [3.05, 3.63) is 35.6 Å². The van der Waals surface area contributed by atoms with Gasteiger partial charge in [-0.25, -0.2) is 4.39 Å². The Morgan fingerprint density at radius 1 is 1.29 bits per heavy atom. The lowest BCUT2D eigenvalue weighted by Crippen LogP contribution is -2.68. The van der Waals surface area contributed by atoms with E-state index in [4.69, 9.17) is 5.73 Å². The van der Waals surface area contributed by atoms with E-state index in [2.05, 4.69) is 0 Å². The molecule has 1 amide bonds. The zero-order valence-corrected chi connectivity index (χ0v) is 10.3. The Kier molecular flexibility index (Phi) is 2.70. The third-order valence-corrected chi connectivity index (χ3v) is 3.09. The molecule has 1 aromatic carbocycles. The van der Waals surface area contributed by atoms with Crippen LogP contribution in [0.1, 0.15) is 32.4 Å². The van der Waals surface area contributed by atoms with Gasteiger partial charge in [-0.2, -0.15) is 0 Å². The summed E-state index contributed by atoms with van der Waals surface area (Å²) < 4.78 is 13.7. The van der Waals surface area contributed by atoms with Crippen LogP contribution in [0.25, 0.3) is 0 Å². The zero-order valence-electron chi connectivity index (χ0n) is 10.3. The lowest BCUT2D eigenvalue weighted by molar-refractivity contribution is -0.158. The number of hydrogen-bond acceptors (Lipinski definition) is 2. The van der Waals surface area contributed by atoms with Crippen molar-refractivity contribution >= 4 is 5.91 Å². The average molecular weight is 236 g/mol. The maximum atomic E-state index is 13.7. The number of amides is 1. The van der Waals surface area contributed by atoms with Crippen LogP contribution in [0.2, 0.25) is 0 Å². The summed E-state index contributed by atoms with van der Waals surface area (Å²) in [6, 6.07) is 5.48. The van der Waals surface area contributed by atoms with E-state index in [1.165, 1.54) is 6.07 Å². The minimum Gasteiger partial charge on any atom is -0.327 e. The van der Waals surface area contributed by atoms with E-state index in [-0.39, 0.29) is 23.3 Å². The van der Waals surface area contributed by atoms with Crippen LogP contribution >= 0.6 is 0 Å². The van der Waals surface area contributed by atoms with Gasteiger partial charge < -0.3 is 10.6 Å². The second kappa shape index (κ2) is 3.81. The number of carbonyl (C=O) groups excluding carboxylic acids is 1. The number of β-lactam (4-membered cyclic amide) rings is 1. The van der Waals surface area contributed by atoms with E-state index >= 15 is 0 Å². The number of rotatable bonds is 1. The van der Waals surface area contributed by atoms with Gasteiger partial charge in [-0.3, -0.25) is 4.79 Å². The highest BCUT2D eigenvalue weighted by Crippen LogP contribution is 2.40. The van der Waals surface area contributed by atoms with Crippen molar-refractivity contribution in [1.82, 2.24) is 4.90 Å². The van der Waals surface area contributed by atoms with E-state index in [1.807, 2.05) is 20.8 Å². The van der Waals surface area contributed by atoms with Crippen molar-refractivity contribution in [1.29, 1.82) is 0 Å². The summed E-state index contributed by atoms with van der Waals surface area (Å²) in [5, 5.41) is 0. The molecule has 17 heavy (non-hydrogen) atoms. The van der Waals surface area contributed by atoms with Gasteiger partial charge in [0.15, 0.2) is 0 Å². The Balaban J connectivity index is 2.39. The van der Waals surface area contributed by atoms with Gasteiger partial charge in [-0.15, -0.1) is 0 Å². The standard InChI is InChI=1S/C13H17FN2O/c1-13(2,3)16-11(10(15)12(16)17)8-6-4-5-7-9(8)14/h4-7,10-11H,15H2,1-3H3/t10-,11-/m0/s1. The van der Waals surface area contributed by atoms with Gasteiger partial charge in [0, 0.05) is 11.1 Å². The maximum absolute atomic E-state index is 13.7. The molecule has 0 bridgehead atoms. The Hall–Kier alpha value is -1.42. The fraction of sp³-hybridized carbons (Fsp3) is 0.462. The molecule has 0 unspecified atom stereocenters. The predicted octanol–water partition coefficient (Wildman–Crippen LogP) is 1.83. The quantitative estimate of drug-likeness (QED) is 0.756. The minimum absolute atomic E-state index is 0.120. The van der Waals surface area contributed by atoms with Gasteiger partial charge in [0.1, 0.15) is 11.9 Å². The molecular weight excluding hydrogens is 219 g/mol. The lowest BCUT2D eigenvalue weighted by Gasteiger charge is -2.52. The first-order chi connectivity index (χ1) is 7.84. The van der Waals surface area contributed by atoms with E-state index in [0.29, 0.717) is 5.56 Å². The first-order valence-corrected chi connectivity index (χ1v) is 5.67. The highest BCUT2D eigenvalue weighted by Gasteiger charge is 2.51. The number of nitrogens with two attached hydrogens (primary N) is 1. The fourth-order valence-electron chi connectivity index (χ4n) is 2.31. The minimum atomic E-state index is -0.633. The van der Waals surface area contributed by atoms with E-state index in [0.717, 1.165) is 0 Å². The molecule has 2 N–H and O–H groups in total. The van der Waals surface area contributed by atoms with E-state index in [1.54, 1.807) is 23.1 Å². The molecule has 1 aliphatic heterocycles. The van der Waals surface area contributed by atoms with Gasteiger partial charge in [-0.05, 0) is 26.8 Å². The SMILES string of the molecule is CC(C)(C)N1C(=O)[C@@H](N)[C@@H]1c1ccccc1F. The Morgan fingerprint density at radius 3 is 2.41 bits per heavy atom. The van der Waals surface area contributed by atoms with Crippen molar-refractivity contribution in [2.75, 3.05) is 0 Å². The van der Waals surface area contributed by atoms with Crippen molar-refractivity contribution in [2.24, 2.45) is 5.73 Å². The first kappa shape index (κ1) is 12.0. The Labute approximate surface area is 100 Å². The summed E-state index contributed by atoms with van der Waals surface area (Å²) in [7, 11) is 0. The molecule has 0 saturated carbocycles. The number of benzene rings is 1. The largest absolute Gasteiger partial charge is 0.327 e. The summed E-state index contributed by atoms with van der Waals surface area (Å²) >= 11 is 0. The molecule has 92 valence electrons. The number of hydrogen-bond donors (Lipinski definition) is 1. The molecule has 4 heteroatoms. The normalized spacial score (nSPS) is 24.8. The van der Waals surface area contributed by atoms with Crippen LogP contribution in [0, 0.1) is 5.82 Å². The van der Waals surface area contributed by atoms with E-state index < -0.39 is 6.04 Å². The van der Waals surface area contributed by atoms with Crippen molar-refractivity contribution in [3.63, 3.8) is 0 Å². The van der Waals surface area contributed by atoms with Gasteiger partial charge in [0.2, 0.25) is 5.91 Å². The van der Waals surface area contributed by atoms with Crippen LogP contribution in [0.4, 0.5) is 4.39 Å². The van der Waals surface area contributed by atoms with Crippen LogP contribution < -0.4 is 5.73 Å². The van der Waals surface area contributed by atoms with Crippen LogP contribution in [0.15, 0.2) is 24.3 Å². The monoisotopic (exact) mass is 236 g/mol. The maximum Gasteiger partial charge on any atom is 0.243 e. The summed E-state index contributed by atoms with van der Waals surface area (Å²) in [5.41, 5.74) is 5.94. The predicted molar refractivity (Wildman–Crippen MR) is 63.7 cm³/mol. The number of halogens is 1. The number of likely N-dealkylation sites (tertiary alicyclic amines) is 1. The molecule has 0 aliphatic carbocycles. The van der Waals surface area contributed by atoms with Crippen molar-refractivity contribution in [2.45, 2.75) is 38.4 Å². The van der Waals surface area contributed by atoms with Gasteiger partial charge >= 0.3 is 0 Å². The molecule has 0 aromatic heterocycles. The third-order valence-electron chi connectivity index (χ3n) is 3.09. The molecule has 2 atom stereocenters. The van der Waals surface area contributed by atoms with Gasteiger partial charge in [0.25, 0.3) is 0 Å². The van der Waals surface area contributed by atoms with Gasteiger partial charge in [-0.1, -0.05) is 18.2 Å². The average Bonchev–Trinajstić information content (AvgIpc) is 2.24. The summed E-state index contributed by atoms with van der Waals surface area (Å²) in [4.78, 5) is 13.4. The van der Waals surface area contributed by atoms with Crippen LogP contribution in [0.3, 0.4) is 0 Å². The van der Waals surface area contributed by atoms with Crippen LogP contribution in [-0.2, 0) is 4.79 Å². The molecule has 1 aliphatic rings. The molecule has 2 rings (SSSR count). The fourth-order valence-corrected chi connectivity index (χ4v) is 2.31. The molecular formula is C13H17FN2O. The molecule has 0 spiro atoms. The summed E-state index contributed by atoms with van der Waals surface area (Å²) in [6.07, 6.45) is 0. The van der Waals surface area contributed by atoms with Crippen molar-refractivity contribution < 1.29 is 9.18 Å². The summed E-state index contributed by atoms with van der Waals surface area (Å²) in [6.45, 7) is 5.76. The van der Waals surface area contributed by atoms with Gasteiger partial charge in [0.05, 0.1) is 6.04 Å². The topological polar surface area (TPSA) is 46.3 Å². The second-order valence-electron chi connectivity index (χ2n) is 5.37. The second-order valence-corrected chi connectivity index (χ2v) is 5.37. The number of carbonyl (C=O) groups is 1. The lowest BCUT2D eigenvalue weighted by atomic mass is 9.84. The molecule has 0 radical (unpaired) electrons. The molecule has 1 heterocycles. The highest BCUT2D eigenvalue weighted by molar-refractivity contribution is 5.90. The highest BCUT2D eigenvalue weighted by atomic mass is 19.1. The zero-order chi connectivity index (χ0) is 12.8. The molecule has 1 aromatic rings. The third kappa shape index (κ3) is 1.82. The van der Waals surface area contributed by atoms with E-state index in [9.17, 15) is 9.18 Å². The molecule has 1 saturated heterocycles. The van der Waals surface area contributed by atoms with Crippen molar-refractivity contribution in [3.8, 4) is 0 Å². The smallest absolute Gasteiger partial charge is 0.243 e. The van der Waals surface area contributed by atoms with Crippen LogP contribution in [-0.4, -0.2) is 22.4 Å². The Bertz CT molecular complexity index is 453. The molecule has 3 nitrogen and oxygen atoms in total.